The van der Waals surface area contributed by atoms with Crippen LogP contribution in [0.2, 0.25) is 10.0 Å². The van der Waals surface area contributed by atoms with Crippen LogP contribution in [0.4, 0.5) is 13.2 Å². The minimum Gasteiger partial charge on any atom is -0.230 e. The van der Waals surface area contributed by atoms with Gasteiger partial charge in [-0.15, -0.1) is 5.10 Å². The Morgan fingerprint density at radius 2 is 1.92 bits per heavy atom. The van der Waals surface area contributed by atoms with Crippen molar-refractivity contribution < 1.29 is 13.2 Å². The Balaban J connectivity index is 2.07. The number of alkyl halides is 3. The molecule has 0 N–H and O–H groups in total. The number of aryl methyl sites for hydroxylation is 1. The molecule has 10 heteroatoms. The summed E-state index contributed by atoms with van der Waals surface area (Å²) in [4.78, 5) is 3.53. The molecule has 4 aromatic rings. The Bertz CT molecular complexity index is 1150. The van der Waals surface area contributed by atoms with Gasteiger partial charge in [-0.3, -0.25) is 0 Å². The maximum Gasteiger partial charge on any atom is 0.453 e. The lowest BCUT2D eigenvalue weighted by atomic mass is 10.2. The Hall–Kier alpha value is -2.32. The molecule has 134 valence electrons. The van der Waals surface area contributed by atoms with Crippen molar-refractivity contribution >= 4 is 39.8 Å². The molecule has 0 radical (unpaired) electrons. The fraction of sp³-hybridized carbons (Fsp3) is 0.188. The molecular weight excluding hydrogens is 390 g/mol. The van der Waals surface area contributed by atoms with Crippen LogP contribution in [0.15, 0.2) is 30.5 Å². The highest BCUT2D eigenvalue weighted by atomic mass is 35.5. The van der Waals surface area contributed by atoms with Crippen LogP contribution in [0.5, 0.6) is 0 Å². The standard InChI is InChI=1S/C16H10Cl2F3N5/c1-2-11-12(25-13-8(7-22-25)4-3-5-9(13)17)6-10(18)14-23-15(16(19,20)21)24-26(11)14/h3-7H,2H2,1H3. The molecule has 0 bridgehead atoms. The molecule has 0 unspecified atom stereocenters. The molecule has 0 aliphatic rings. The summed E-state index contributed by atoms with van der Waals surface area (Å²) in [6.07, 6.45) is -2.65. The van der Waals surface area contributed by atoms with E-state index in [9.17, 15) is 13.2 Å². The number of hydrogen-bond acceptors (Lipinski definition) is 3. The molecule has 0 saturated carbocycles. The number of rotatable bonds is 2. The number of benzene rings is 1. The van der Waals surface area contributed by atoms with Gasteiger partial charge >= 0.3 is 6.18 Å². The van der Waals surface area contributed by atoms with Gasteiger partial charge in [0, 0.05) is 5.39 Å². The van der Waals surface area contributed by atoms with Crippen LogP contribution in [0, 0.1) is 0 Å². The number of nitrogens with zero attached hydrogens (tertiary/aromatic N) is 5. The zero-order chi connectivity index (χ0) is 18.6. The molecule has 0 aliphatic heterocycles. The van der Waals surface area contributed by atoms with Crippen LogP contribution >= 0.6 is 23.2 Å². The average molecular weight is 400 g/mol. The van der Waals surface area contributed by atoms with Crippen LogP contribution in [0.3, 0.4) is 0 Å². The van der Waals surface area contributed by atoms with Crippen LogP contribution in [0.1, 0.15) is 18.4 Å². The Labute approximate surface area is 155 Å². The monoisotopic (exact) mass is 399 g/mol. The summed E-state index contributed by atoms with van der Waals surface area (Å²) in [6, 6.07) is 6.87. The van der Waals surface area contributed by atoms with Crippen molar-refractivity contribution in [2.75, 3.05) is 0 Å². The maximum atomic E-state index is 13.0. The van der Waals surface area contributed by atoms with Crippen molar-refractivity contribution in [2.24, 2.45) is 0 Å². The van der Waals surface area contributed by atoms with Crippen molar-refractivity contribution in [3.8, 4) is 5.69 Å². The van der Waals surface area contributed by atoms with Gasteiger partial charge in [0.1, 0.15) is 0 Å². The fourth-order valence-corrected chi connectivity index (χ4v) is 3.37. The van der Waals surface area contributed by atoms with Crippen molar-refractivity contribution in [1.82, 2.24) is 24.4 Å². The maximum absolute atomic E-state index is 13.0. The first-order valence-corrected chi connectivity index (χ1v) is 8.34. The molecule has 0 fully saturated rings. The van der Waals surface area contributed by atoms with Gasteiger partial charge in [-0.1, -0.05) is 42.3 Å². The molecule has 3 heterocycles. The van der Waals surface area contributed by atoms with Gasteiger partial charge in [-0.2, -0.15) is 18.3 Å². The van der Waals surface area contributed by atoms with E-state index in [2.05, 4.69) is 15.2 Å². The molecule has 26 heavy (non-hydrogen) atoms. The summed E-state index contributed by atoms with van der Waals surface area (Å²) < 4.78 is 41.7. The van der Waals surface area contributed by atoms with Gasteiger partial charge in [0.2, 0.25) is 0 Å². The molecule has 3 aromatic heterocycles. The minimum absolute atomic E-state index is 0.0379. The summed E-state index contributed by atoms with van der Waals surface area (Å²) in [6.45, 7) is 1.80. The third-order valence-corrected chi connectivity index (χ3v) is 4.58. The Morgan fingerprint density at radius 3 is 2.62 bits per heavy atom. The van der Waals surface area contributed by atoms with Gasteiger partial charge in [0.15, 0.2) is 5.65 Å². The third kappa shape index (κ3) is 2.52. The van der Waals surface area contributed by atoms with E-state index in [0.29, 0.717) is 28.3 Å². The quantitative estimate of drug-likeness (QED) is 0.478. The second-order valence-electron chi connectivity index (χ2n) is 5.58. The van der Waals surface area contributed by atoms with Crippen LogP contribution < -0.4 is 0 Å². The number of fused-ring (bicyclic) bond motifs is 2. The number of aromatic nitrogens is 5. The highest BCUT2D eigenvalue weighted by Gasteiger charge is 2.37. The molecule has 0 spiro atoms. The fourth-order valence-electron chi connectivity index (χ4n) is 2.89. The molecule has 5 nitrogen and oxygen atoms in total. The van der Waals surface area contributed by atoms with E-state index in [4.69, 9.17) is 23.2 Å². The van der Waals surface area contributed by atoms with Crippen LogP contribution in [0.25, 0.3) is 22.2 Å². The predicted octanol–water partition coefficient (Wildman–Crippen LogP) is 4.96. The normalized spacial score (nSPS) is 12.4. The summed E-state index contributed by atoms with van der Waals surface area (Å²) in [5.41, 5.74) is 1.56. The van der Waals surface area contributed by atoms with Gasteiger partial charge < -0.3 is 0 Å². The average Bonchev–Trinajstić information content (AvgIpc) is 3.19. The second kappa shape index (κ2) is 5.85. The summed E-state index contributed by atoms with van der Waals surface area (Å²) in [7, 11) is 0. The Morgan fingerprint density at radius 1 is 1.15 bits per heavy atom. The highest BCUT2D eigenvalue weighted by molar-refractivity contribution is 6.35. The van der Waals surface area contributed by atoms with E-state index in [1.165, 1.54) is 6.07 Å². The van der Waals surface area contributed by atoms with Gasteiger partial charge in [-0.05, 0) is 18.6 Å². The lowest BCUT2D eigenvalue weighted by Crippen LogP contribution is -2.10. The first-order chi connectivity index (χ1) is 12.3. The van der Waals surface area contributed by atoms with E-state index >= 15 is 0 Å². The van der Waals surface area contributed by atoms with Crippen LogP contribution in [-0.2, 0) is 12.6 Å². The first-order valence-electron chi connectivity index (χ1n) is 7.59. The van der Waals surface area contributed by atoms with Crippen LogP contribution in [-0.4, -0.2) is 24.4 Å². The summed E-state index contributed by atoms with van der Waals surface area (Å²) in [5, 5.41) is 9.24. The van der Waals surface area contributed by atoms with Gasteiger partial charge in [-0.25, -0.2) is 14.2 Å². The topological polar surface area (TPSA) is 48.0 Å². The SMILES string of the molecule is CCc1c(-n2ncc3cccc(Cl)c32)cc(Cl)c2nc(C(F)(F)F)nn12. The van der Waals surface area contributed by atoms with Crippen molar-refractivity contribution in [3.05, 3.63) is 52.0 Å². The van der Waals surface area contributed by atoms with E-state index < -0.39 is 12.0 Å². The molecule has 0 atom stereocenters. The van der Waals surface area contributed by atoms with E-state index in [1.807, 2.05) is 6.07 Å². The van der Waals surface area contributed by atoms with Crippen molar-refractivity contribution in [1.29, 1.82) is 0 Å². The lowest BCUT2D eigenvalue weighted by Gasteiger charge is -2.12. The minimum atomic E-state index is -4.66. The zero-order valence-corrected chi connectivity index (χ0v) is 14.7. The van der Waals surface area contributed by atoms with Crippen molar-refractivity contribution in [3.63, 3.8) is 0 Å². The zero-order valence-electron chi connectivity index (χ0n) is 13.2. The molecule has 0 amide bonds. The van der Waals surface area contributed by atoms with E-state index in [-0.39, 0.29) is 10.7 Å². The van der Waals surface area contributed by atoms with E-state index in [1.54, 1.807) is 29.9 Å². The molecule has 1 aromatic carbocycles. The summed E-state index contributed by atoms with van der Waals surface area (Å²) >= 11 is 12.5. The number of para-hydroxylation sites is 1. The molecule has 0 aliphatic carbocycles. The van der Waals surface area contributed by atoms with Gasteiger partial charge in [0.25, 0.3) is 5.82 Å². The number of pyridine rings is 1. The highest BCUT2D eigenvalue weighted by Crippen LogP contribution is 2.32. The lowest BCUT2D eigenvalue weighted by molar-refractivity contribution is -0.144. The van der Waals surface area contributed by atoms with Gasteiger partial charge in [0.05, 0.1) is 33.1 Å². The second-order valence-corrected chi connectivity index (χ2v) is 6.39. The largest absolute Gasteiger partial charge is 0.453 e. The predicted molar refractivity (Wildman–Crippen MR) is 92.0 cm³/mol. The molecule has 0 saturated heterocycles. The van der Waals surface area contributed by atoms with Crippen molar-refractivity contribution in [2.45, 2.75) is 19.5 Å². The summed E-state index contributed by atoms with van der Waals surface area (Å²) in [5.74, 6) is -1.24. The Kier molecular flexibility index (Phi) is 3.85. The number of hydrogen-bond donors (Lipinski definition) is 0. The number of halogens is 5. The third-order valence-electron chi connectivity index (χ3n) is 3.99. The smallest absolute Gasteiger partial charge is 0.230 e. The molecular formula is C16H10Cl2F3N5. The first kappa shape index (κ1) is 17.1. The molecule has 4 rings (SSSR count). The van der Waals surface area contributed by atoms with E-state index in [0.717, 1.165) is 9.90 Å².